The molecule has 0 radical (unpaired) electrons. The zero-order valence-electron chi connectivity index (χ0n) is 13.7. The second-order valence-electron chi connectivity index (χ2n) is 6.25. The summed E-state index contributed by atoms with van der Waals surface area (Å²) < 4.78 is 7.06. The van der Waals surface area contributed by atoms with Crippen LogP contribution in [0.2, 0.25) is 0 Å². The summed E-state index contributed by atoms with van der Waals surface area (Å²) in [6, 6.07) is 0.680. The van der Waals surface area contributed by atoms with Crippen molar-refractivity contribution in [1.29, 1.82) is 0 Å². The maximum Gasteiger partial charge on any atom is 0.220 e. The third-order valence-corrected chi connectivity index (χ3v) is 4.66. The lowest BCUT2D eigenvalue weighted by atomic mass is 9.91. The Morgan fingerprint density at radius 3 is 2.74 bits per heavy atom. The molecule has 1 saturated carbocycles. The van der Waals surface area contributed by atoms with Crippen LogP contribution in [-0.2, 0) is 11.2 Å². The first-order valence-electron chi connectivity index (χ1n) is 8.18. The molecule has 124 valence electrons. The number of hydrogen-bond donors (Lipinski definition) is 1. The van der Waals surface area contributed by atoms with Crippen LogP contribution in [0.25, 0.3) is 0 Å². The van der Waals surface area contributed by atoms with Crippen LogP contribution in [0.4, 0.5) is 0 Å². The van der Waals surface area contributed by atoms with Gasteiger partial charge in [-0.3, -0.25) is 4.79 Å². The Labute approximate surface area is 135 Å². The summed E-state index contributed by atoms with van der Waals surface area (Å²) in [4.78, 5) is 16.1. The van der Waals surface area contributed by atoms with E-state index in [0.717, 1.165) is 42.7 Å². The summed E-state index contributed by atoms with van der Waals surface area (Å²) >= 11 is 0. The van der Waals surface area contributed by atoms with Crippen LogP contribution < -0.4 is 5.32 Å². The van der Waals surface area contributed by atoms with Gasteiger partial charge in [0.05, 0.1) is 11.7 Å². The predicted octanol–water partition coefficient (Wildman–Crippen LogP) is 2.12. The molecule has 1 fully saturated rings. The van der Waals surface area contributed by atoms with Crippen LogP contribution in [0.1, 0.15) is 55.2 Å². The molecule has 0 spiro atoms. The first kappa shape index (κ1) is 15.7. The van der Waals surface area contributed by atoms with Gasteiger partial charge in [-0.1, -0.05) is 5.16 Å². The number of nitrogens with zero attached hydrogens (tertiary/aromatic N) is 4. The normalized spacial score (nSPS) is 21.3. The third-order valence-electron chi connectivity index (χ3n) is 4.66. The molecule has 1 amide bonds. The summed E-state index contributed by atoms with van der Waals surface area (Å²) in [6.07, 6.45) is 8.53. The van der Waals surface area contributed by atoms with Gasteiger partial charge < -0.3 is 9.84 Å². The Kier molecular flexibility index (Phi) is 4.73. The number of hydrogen-bond acceptors (Lipinski definition) is 5. The SMILES string of the molecule is Cc1noc(C)c1CCC(=O)NC1CCC(n2cncn2)CC1. The summed E-state index contributed by atoms with van der Waals surface area (Å²) in [7, 11) is 0. The molecule has 0 aliphatic heterocycles. The highest BCUT2D eigenvalue weighted by molar-refractivity contribution is 5.76. The Hall–Kier alpha value is -2.18. The topological polar surface area (TPSA) is 85.8 Å². The van der Waals surface area contributed by atoms with Crippen molar-refractivity contribution in [3.8, 4) is 0 Å². The standard InChI is InChI=1S/C16H23N5O2/c1-11-15(12(2)23-20-11)7-8-16(22)19-13-3-5-14(6-4-13)21-10-17-9-18-21/h9-10,13-14H,3-8H2,1-2H3,(H,19,22). The monoisotopic (exact) mass is 317 g/mol. The van der Waals surface area contributed by atoms with Crippen LogP contribution in [0, 0.1) is 13.8 Å². The smallest absolute Gasteiger partial charge is 0.220 e. The van der Waals surface area contributed by atoms with E-state index in [4.69, 9.17) is 4.52 Å². The average Bonchev–Trinajstić information content (AvgIpc) is 3.17. The molecule has 0 unspecified atom stereocenters. The maximum absolute atomic E-state index is 12.1. The van der Waals surface area contributed by atoms with Crippen molar-refractivity contribution in [2.45, 2.75) is 64.5 Å². The van der Waals surface area contributed by atoms with Gasteiger partial charge in [-0.25, -0.2) is 9.67 Å². The van der Waals surface area contributed by atoms with E-state index < -0.39 is 0 Å². The fourth-order valence-corrected chi connectivity index (χ4v) is 3.29. The van der Waals surface area contributed by atoms with Crippen molar-refractivity contribution in [1.82, 2.24) is 25.2 Å². The third kappa shape index (κ3) is 3.78. The molecule has 0 bridgehead atoms. The van der Waals surface area contributed by atoms with Crippen molar-refractivity contribution in [3.63, 3.8) is 0 Å². The highest BCUT2D eigenvalue weighted by atomic mass is 16.5. The molecule has 3 rings (SSSR count). The molecule has 1 aliphatic rings. The average molecular weight is 317 g/mol. The zero-order valence-corrected chi connectivity index (χ0v) is 13.7. The summed E-state index contributed by atoms with van der Waals surface area (Å²) in [5.41, 5.74) is 1.93. The lowest BCUT2D eigenvalue weighted by Crippen LogP contribution is -2.38. The summed E-state index contributed by atoms with van der Waals surface area (Å²) in [5.74, 6) is 0.915. The van der Waals surface area contributed by atoms with E-state index >= 15 is 0 Å². The van der Waals surface area contributed by atoms with Crippen molar-refractivity contribution in [3.05, 3.63) is 29.7 Å². The number of nitrogens with one attached hydrogen (secondary N) is 1. The fraction of sp³-hybridized carbons (Fsp3) is 0.625. The number of amides is 1. The first-order chi connectivity index (χ1) is 11.1. The highest BCUT2D eigenvalue weighted by Gasteiger charge is 2.24. The second-order valence-corrected chi connectivity index (χ2v) is 6.25. The van der Waals surface area contributed by atoms with Gasteiger partial charge in [0.15, 0.2) is 0 Å². The molecule has 1 aliphatic carbocycles. The van der Waals surface area contributed by atoms with Gasteiger partial charge in [-0.05, 0) is 46.0 Å². The number of rotatable bonds is 5. The quantitative estimate of drug-likeness (QED) is 0.913. The molecule has 0 aromatic carbocycles. The minimum absolute atomic E-state index is 0.106. The molecule has 2 aromatic heterocycles. The van der Waals surface area contributed by atoms with Crippen LogP contribution >= 0.6 is 0 Å². The molecule has 2 heterocycles. The second kappa shape index (κ2) is 6.93. The lowest BCUT2D eigenvalue weighted by molar-refractivity contribution is -0.122. The number of carbonyl (C=O) groups excluding carboxylic acids is 1. The maximum atomic E-state index is 12.1. The lowest BCUT2D eigenvalue weighted by Gasteiger charge is -2.29. The minimum atomic E-state index is 0.106. The molecule has 7 heteroatoms. The van der Waals surface area contributed by atoms with Crippen molar-refractivity contribution in [2.75, 3.05) is 0 Å². The molecule has 23 heavy (non-hydrogen) atoms. The molecule has 1 N–H and O–H groups in total. The van der Waals surface area contributed by atoms with Gasteiger partial charge in [0.25, 0.3) is 0 Å². The molecular weight excluding hydrogens is 294 g/mol. The van der Waals surface area contributed by atoms with Gasteiger partial charge in [0, 0.05) is 18.0 Å². The Morgan fingerprint density at radius 2 is 2.13 bits per heavy atom. The highest BCUT2D eigenvalue weighted by Crippen LogP contribution is 2.27. The Bertz CT molecular complexity index is 622. The zero-order chi connectivity index (χ0) is 16.2. The van der Waals surface area contributed by atoms with Crippen molar-refractivity contribution < 1.29 is 9.32 Å². The Balaban J connectivity index is 1.43. The van der Waals surface area contributed by atoms with Gasteiger partial charge in [0.2, 0.25) is 5.91 Å². The fourth-order valence-electron chi connectivity index (χ4n) is 3.29. The van der Waals surface area contributed by atoms with Gasteiger partial charge in [0.1, 0.15) is 18.4 Å². The van der Waals surface area contributed by atoms with Crippen LogP contribution in [0.5, 0.6) is 0 Å². The number of aryl methyl sites for hydroxylation is 2. The van der Waals surface area contributed by atoms with Gasteiger partial charge >= 0.3 is 0 Å². The van der Waals surface area contributed by atoms with Crippen molar-refractivity contribution >= 4 is 5.91 Å². The predicted molar refractivity (Wildman–Crippen MR) is 83.8 cm³/mol. The van der Waals surface area contributed by atoms with Crippen LogP contribution in [0.15, 0.2) is 17.2 Å². The van der Waals surface area contributed by atoms with E-state index in [-0.39, 0.29) is 11.9 Å². The number of aromatic nitrogens is 4. The minimum Gasteiger partial charge on any atom is -0.361 e. The largest absolute Gasteiger partial charge is 0.361 e. The van der Waals surface area contributed by atoms with Crippen LogP contribution in [-0.4, -0.2) is 31.9 Å². The molecule has 2 aromatic rings. The van der Waals surface area contributed by atoms with Gasteiger partial charge in [-0.2, -0.15) is 5.10 Å². The van der Waals surface area contributed by atoms with E-state index in [9.17, 15) is 4.79 Å². The van der Waals surface area contributed by atoms with E-state index in [2.05, 4.69) is 20.6 Å². The summed E-state index contributed by atoms with van der Waals surface area (Å²) in [5, 5.41) is 11.3. The van der Waals surface area contributed by atoms with Crippen LogP contribution in [0.3, 0.4) is 0 Å². The van der Waals surface area contributed by atoms with E-state index in [0.29, 0.717) is 18.9 Å². The molecular formula is C16H23N5O2. The number of carbonyl (C=O) groups is 1. The molecule has 0 atom stereocenters. The van der Waals surface area contributed by atoms with Crippen molar-refractivity contribution in [2.24, 2.45) is 0 Å². The van der Waals surface area contributed by atoms with Gasteiger partial charge in [-0.15, -0.1) is 0 Å². The van der Waals surface area contributed by atoms with E-state index in [1.54, 1.807) is 12.7 Å². The molecule has 0 saturated heterocycles. The first-order valence-corrected chi connectivity index (χ1v) is 8.18. The van der Waals surface area contributed by atoms with E-state index in [1.807, 2.05) is 18.5 Å². The Morgan fingerprint density at radius 1 is 1.35 bits per heavy atom. The molecule has 7 nitrogen and oxygen atoms in total. The summed E-state index contributed by atoms with van der Waals surface area (Å²) in [6.45, 7) is 3.80. The van der Waals surface area contributed by atoms with E-state index in [1.165, 1.54) is 0 Å².